The van der Waals surface area contributed by atoms with Crippen LogP contribution in [0.1, 0.15) is 0 Å². The van der Waals surface area contributed by atoms with Crippen molar-refractivity contribution in [1.29, 1.82) is 0 Å². The Morgan fingerprint density at radius 2 is 0.412 bits per heavy atom. The van der Waals surface area contributed by atoms with Crippen LogP contribution in [0.15, 0.2) is 267 Å². The van der Waals surface area contributed by atoms with Crippen LogP contribution in [-0.2, 0) is 0 Å². The molecule has 0 unspecified atom stereocenters. The summed E-state index contributed by atoms with van der Waals surface area (Å²) in [5, 5.41) is 11.7. The van der Waals surface area contributed by atoms with Gasteiger partial charge in [0, 0.05) is 44.5 Å². The molecule has 15 aromatic carbocycles. The van der Waals surface area contributed by atoms with Crippen molar-refractivity contribution in [3.63, 3.8) is 0 Å². The van der Waals surface area contributed by atoms with Crippen LogP contribution in [0.25, 0.3) is 176 Å². The molecular formula is C78H44F2. The van der Waals surface area contributed by atoms with Crippen LogP contribution in [0.2, 0.25) is 0 Å². The lowest BCUT2D eigenvalue weighted by molar-refractivity contribution is 0.635. The number of hydrogen-bond acceptors (Lipinski definition) is 0. The summed E-state index contributed by atoms with van der Waals surface area (Å²) in [6, 6.07) is 92.8. The van der Waals surface area contributed by atoms with Crippen LogP contribution in [-0.4, -0.2) is 0 Å². The fourth-order valence-electron chi connectivity index (χ4n) is 14.3. The first-order chi connectivity index (χ1) is 39.6. The first kappa shape index (κ1) is 44.8. The van der Waals surface area contributed by atoms with Gasteiger partial charge < -0.3 is 0 Å². The van der Waals surface area contributed by atoms with E-state index in [1.165, 1.54) is 37.7 Å². The van der Waals surface area contributed by atoms with E-state index in [1.807, 2.05) is 146 Å². The van der Waals surface area contributed by atoms with Crippen LogP contribution in [0, 0.1) is 11.6 Å². The lowest BCUT2D eigenvalue weighted by Crippen LogP contribution is -1.99. The largest absolute Gasteiger partial charge is 0.206 e. The Hall–Kier alpha value is -10.3. The van der Waals surface area contributed by atoms with E-state index < -0.39 is 0 Å². The summed E-state index contributed by atoms with van der Waals surface area (Å²) in [5.41, 5.74) is 20.1. The predicted molar refractivity (Wildman–Crippen MR) is 332 cm³/mol. The Morgan fingerprint density at radius 3 is 0.838 bits per heavy atom. The lowest BCUT2D eigenvalue weighted by Gasteiger charge is -2.22. The van der Waals surface area contributed by atoms with Crippen molar-refractivity contribution in [2.24, 2.45) is 0 Å². The van der Waals surface area contributed by atoms with Crippen LogP contribution >= 0.6 is 0 Å². The molecule has 0 N–H and O–H groups in total. The number of halogens is 2. The van der Waals surface area contributed by atoms with E-state index in [0.717, 1.165) is 116 Å². The zero-order chi connectivity index (χ0) is 52.7. The number of rotatable bonds is 7. The fraction of sp³-hybridized carbons (Fsp3) is 0. The third-order valence-electron chi connectivity index (χ3n) is 17.4. The van der Waals surface area contributed by atoms with Gasteiger partial charge in [0.2, 0.25) is 0 Å². The molecule has 17 rings (SSSR count). The van der Waals surface area contributed by atoms with E-state index in [1.54, 1.807) is 0 Å². The number of hydrogen-bond donors (Lipinski definition) is 0. The fourth-order valence-corrected chi connectivity index (χ4v) is 14.3. The summed E-state index contributed by atoms with van der Waals surface area (Å²) < 4.78 is 36.5. The van der Waals surface area contributed by atoms with Crippen molar-refractivity contribution >= 4 is 53.9 Å². The molecule has 0 aromatic heterocycles. The van der Waals surface area contributed by atoms with Crippen LogP contribution in [0.4, 0.5) is 8.78 Å². The van der Waals surface area contributed by atoms with Crippen LogP contribution in [0.5, 0.6) is 0 Å². The molecule has 0 fully saturated rings. The molecule has 0 nitrogen and oxygen atoms in total. The summed E-state index contributed by atoms with van der Waals surface area (Å²) in [6.07, 6.45) is 0. The van der Waals surface area contributed by atoms with Crippen LogP contribution < -0.4 is 0 Å². The molecule has 2 aliphatic carbocycles. The normalized spacial score (nSPS) is 12.1. The number of fused-ring (bicyclic) bond motifs is 8. The zero-order valence-electron chi connectivity index (χ0n) is 43.2. The van der Waals surface area contributed by atoms with Crippen molar-refractivity contribution in [3.8, 4) is 122 Å². The quantitative estimate of drug-likeness (QED) is 0.110. The number of benzene rings is 15. The Bertz CT molecular complexity index is 5050. The first-order valence-corrected chi connectivity index (χ1v) is 27.5. The maximum atomic E-state index is 18.3. The maximum Gasteiger partial charge on any atom is 0.140 e. The summed E-state index contributed by atoms with van der Waals surface area (Å²) in [5.74, 6) is -0.441. The lowest BCUT2D eigenvalue weighted by atomic mass is 9.81. The van der Waals surface area contributed by atoms with E-state index in [-0.39, 0.29) is 11.6 Å². The highest BCUT2D eigenvalue weighted by atomic mass is 19.1. The van der Waals surface area contributed by atoms with E-state index in [2.05, 4.69) is 121 Å². The van der Waals surface area contributed by atoms with Gasteiger partial charge in [0.25, 0.3) is 0 Å². The van der Waals surface area contributed by atoms with Gasteiger partial charge in [0.15, 0.2) is 0 Å². The molecule has 0 aliphatic heterocycles. The molecule has 0 spiro atoms. The highest BCUT2D eigenvalue weighted by Gasteiger charge is 2.37. The molecule has 370 valence electrons. The van der Waals surface area contributed by atoms with Gasteiger partial charge in [-0.05, 0) is 132 Å². The van der Waals surface area contributed by atoms with Gasteiger partial charge in [-0.1, -0.05) is 267 Å². The molecule has 0 heterocycles. The molecule has 0 amide bonds. The Balaban J connectivity index is 0.920. The highest BCUT2D eigenvalue weighted by molar-refractivity contribution is 6.39. The zero-order valence-corrected chi connectivity index (χ0v) is 43.2. The third-order valence-corrected chi connectivity index (χ3v) is 17.4. The standard InChI is InChI=1S/C78H44F2/c79-77-65(47-25-11-3-12-26-47)63(45-21-7-1-8-22-45)73-59-36-20-34-54-52(38-42-60(70(54)59)75(73)67(77)49-29-15-5-16-30-49)51-37-39-56-58-41-44-62-72-61(43-40-57(71(58)72)55-35-19-33-53(51)69(55)56)74-64(46-23-9-2-10-24-46)66(48-27-13-4-14-28-48)78(80)68(76(62)74)50-31-17-6-18-32-50/h1-44H. The van der Waals surface area contributed by atoms with Gasteiger partial charge in [-0.15, -0.1) is 0 Å². The van der Waals surface area contributed by atoms with E-state index in [9.17, 15) is 0 Å². The molecular weight excluding hydrogens is 975 g/mol. The van der Waals surface area contributed by atoms with E-state index in [4.69, 9.17) is 0 Å². The van der Waals surface area contributed by atoms with Crippen molar-refractivity contribution in [1.82, 2.24) is 0 Å². The van der Waals surface area contributed by atoms with E-state index in [0.29, 0.717) is 22.3 Å². The average molecular weight is 1020 g/mol. The Morgan fingerprint density at radius 1 is 0.150 bits per heavy atom. The van der Waals surface area contributed by atoms with Crippen molar-refractivity contribution in [2.45, 2.75) is 0 Å². The predicted octanol–water partition coefficient (Wildman–Crippen LogP) is 22.1. The molecule has 0 saturated heterocycles. The van der Waals surface area contributed by atoms with Gasteiger partial charge in [-0.25, -0.2) is 8.78 Å². The molecule has 2 aliphatic rings. The first-order valence-electron chi connectivity index (χ1n) is 27.5. The Kier molecular flexibility index (Phi) is 9.58. The maximum absolute atomic E-state index is 18.3. The molecule has 0 bridgehead atoms. The smallest absolute Gasteiger partial charge is 0.140 e. The molecule has 80 heavy (non-hydrogen) atoms. The van der Waals surface area contributed by atoms with Crippen molar-refractivity contribution < 1.29 is 8.78 Å². The van der Waals surface area contributed by atoms with Crippen molar-refractivity contribution in [2.75, 3.05) is 0 Å². The minimum atomic E-state index is -0.222. The topological polar surface area (TPSA) is 0 Å². The molecule has 0 atom stereocenters. The summed E-state index contributed by atoms with van der Waals surface area (Å²) in [4.78, 5) is 0. The Labute approximate surface area is 461 Å². The van der Waals surface area contributed by atoms with E-state index >= 15 is 8.78 Å². The second-order valence-corrected chi connectivity index (χ2v) is 21.4. The summed E-state index contributed by atoms with van der Waals surface area (Å²) in [7, 11) is 0. The van der Waals surface area contributed by atoms with Gasteiger partial charge >= 0.3 is 0 Å². The highest BCUT2D eigenvalue weighted by Crippen LogP contribution is 2.62. The van der Waals surface area contributed by atoms with Crippen LogP contribution in [0.3, 0.4) is 0 Å². The molecule has 0 radical (unpaired) electrons. The summed E-state index contributed by atoms with van der Waals surface area (Å²) in [6.45, 7) is 0. The monoisotopic (exact) mass is 1020 g/mol. The third kappa shape index (κ3) is 6.13. The SMILES string of the molecule is Fc1c(-c2ccccc2)c(-c2ccccc2)c2c(c1-c1ccccc1)-c1ccc(-c3ccc4c5ccc6c7c(ccc(c8cccc3c48)c75)-c3c(-c4ccccc4)c(-c4ccccc4)c(F)c(-c4ccccc4)c3-6)c3cccc-2c13. The van der Waals surface area contributed by atoms with Gasteiger partial charge in [0.05, 0.1) is 0 Å². The average Bonchev–Trinajstić information content (AvgIpc) is 4.20. The van der Waals surface area contributed by atoms with Gasteiger partial charge in [-0.3, -0.25) is 0 Å². The van der Waals surface area contributed by atoms with Gasteiger partial charge in [-0.2, -0.15) is 0 Å². The molecule has 0 saturated carbocycles. The molecule has 15 aromatic rings. The second-order valence-electron chi connectivity index (χ2n) is 21.4. The molecule has 2 heteroatoms. The minimum absolute atomic E-state index is 0.218. The summed E-state index contributed by atoms with van der Waals surface area (Å²) >= 11 is 0. The second kappa shape index (κ2) is 17.1. The van der Waals surface area contributed by atoms with Crippen molar-refractivity contribution in [3.05, 3.63) is 279 Å². The van der Waals surface area contributed by atoms with Gasteiger partial charge in [0.1, 0.15) is 11.6 Å². The minimum Gasteiger partial charge on any atom is -0.206 e.